The van der Waals surface area contributed by atoms with E-state index in [9.17, 15) is 14.0 Å². The van der Waals surface area contributed by atoms with Crippen LogP contribution in [0.15, 0.2) is 18.2 Å². The van der Waals surface area contributed by atoms with Crippen molar-refractivity contribution < 1.29 is 14.0 Å². The van der Waals surface area contributed by atoms with Crippen LogP contribution in [0.5, 0.6) is 0 Å². The number of nitrogen functional groups attached to an aromatic ring is 1. The molecule has 1 aromatic carbocycles. The molecule has 1 saturated heterocycles. The van der Waals surface area contributed by atoms with Crippen LogP contribution in [0.2, 0.25) is 0 Å². The summed E-state index contributed by atoms with van der Waals surface area (Å²) in [4.78, 5) is 26.1. The summed E-state index contributed by atoms with van der Waals surface area (Å²) in [7, 11) is 0. The van der Waals surface area contributed by atoms with E-state index in [1.165, 1.54) is 12.1 Å². The van der Waals surface area contributed by atoms with Gasteiger partial charge in [0.1, 0.15) is 5.82 Å². The SMILES string of the molecule is CCC1CC2C(=O)N(c3ccc(F)cc3N)C(=O)C2C1. The third-order valence-electron chi connectivity index (χ3n) is 4.54. The molecule has 3 rings (SSSR count). The molecule has 1 saturated carbocycles. The molecule has 5 heteroatoms. The zero-order valence-corrected chi connectivity index (χ0v) is 11.3. The molecule has 20 heavy (non-hydrogen) atoms. The van der Waals surface area contributed by atoms with Crippen molar-refractivity contribution in [2.45, 2.75) is 26.2 Å². The molecule has 1 aromatic rings. The summed E-state index contributed by atoms with van der Waals surface area (Å²) in [5.41, 5.74) is 6.18. The Morgan fingerprint density at radius 3 is 2.35 bits per heavy atom. The number of fused-ring (bicyclic) bond motifs is 1. The zero-order chi connectivity index (χ0) is 14.4. The predicted molar refractivity (Wildman–Crippen MR) is 73.3 cm³/mol. The number of nitrogens with two attached hydrogens (primary N) is 1. The van der Waals surface area contributed by atoms with Gasteiger partial charge in [-0.1, -0.05) is 13.3 Å². The van der Waals surface area contributed by atoms with Crippen molar-refractivity contribution in [3.8, 4) is 0 Å². The van der Waals surface area contributed by atoms with Gasteiger partial charge in [0.15, 0.2) is 0 Å². The molecule has 0 radical (unpaired) electrons. The summed E-state index contributed by atoms with van der Waals surface area (Å²) < 4.78 is 13.1. The lowest BCUT2D eigenvalue weighted by atomic mass is 10.00. The number of amides is 2. The summed E-state index contributed by atoms with van der Waals surface area (Å²) in [6.07, 6.45) is 2.53. The van der Waals surface area contributed by atoms with Crippen molar-refractivity contribution in [2.75, 3.05) is 10.6 Å². The minimum Gasteiger partial charge on any atom is -0.397 e. The van der Waals surface area contributed by atoms with Crippen LogP contribution in [0.4, 0.5) is 15.8 Å². The maximum absolute atomic E-state index is 13.1. The molecule has 2 aliphatic rings. The van der Waals surface area contributed by atoms with Gasteiger partial charge in [-0.15, -0.1) is 0 Å². The molecule has 0 aromatic heterocycles. The maximum Gasteiger partial charge on any atom is 0.237 e. The largest absolute Gasteiger partial charge is 0.397 e. The van der Waals surface area contributed by atoms with Gasteiger partial charge in [0.2, 0.25) is 11.8 Å². The summed E-state index contributed by atoms with van der Waals surface area (Å²) in [5.74, 6) is -0.848. The molecule has 1 heterocycles. The quantitative estimate of drug-likeness (QED) is 0.666. The lowest BCUT2D eigenvalue weighted by molar-refractivity contribution is -0.123. The number of imide groups is 1. The molecular weight excluding hydrogens is 259 g/mol. The first-order valence-electron chi connectivity index (χ1n) is 6.95. The number of hydrogen-bond acceptors (Lipinski definition) is 3. The van der Waals surface area contributed by atoms with Crippen LogP contribution >= 0.6 is 0 Å². The minimum absolute atomic E-state index is 0.124. The molecule has 4 nitrogen and oxygen atoms in total. The minimum atomic E-state index is -0.475. The van der Waals surface area contributed by atoms with Gasteiger partial charge in [0.25, 0.3) is 0 Å². The van der Waals surface area contributed by atoms with E-state index >= 15 is 0 Å². The highest BCUT2D eigenvalue weighted by Gasteiger charge is 2.53. The Bertz CT molecular complexity index is 563. The Morgan fingerprint density at radius 1 is 1.25 bits per heavy atom. The van der Waals surface area contributed by atoms with E-state index < -0.39 is 5.82 Å². The van der Waals surface area contributed by atoms with Gasteiger partial charge >= 0.3 is 0 Å². The summed E-state index contributed by atoms with van der Waals surface area (Å²) in [6.45, 7) is 2.08. The van der Waals surface area contributed by atoms with E-state index in [1.807, 2.05) is 0 Å². The van der Waals surface area contributed by atoms with Crippen LogP contribution in [0.3, 0.4) is 0 Å². The first-order valence-corrected chi connectivity index (χ1v) is 6.95. The molecule has 1 aliphatic carbocycles. The monoisotopic (exact) mass is 276 g/mol. The Balaban J connectivity index is 1.94. The van der Waals surface area contributed by atoms with Gasteiger partial charge < -0.3 is 5.73 Å². The van der Waals surface area contributed by atoms with E-state index in [2.05, 4.69) is 6.92 Å². The summed E-state index contributed by atoms with van der Waals surface area (Å²) in [5, 5.41) is 0. The Morgan fingerprint density at radius 2 is 1.85 bits per heavy atom. The van der Waals surface area contributed by atoms with Crippen LogP contribution in [0.1, 0.15) is 26.2 Å². The van der Waals surface area contributed by atoms with Crippen LogP contribution in [0.25, 0.3) is 0 Å². The van der Waals surface area contributed by atoms with Crippen molar-refractivity contribution in [1.29, 1.82) is 0 Å². The average Bonchev–Trinajstić information content (AvgIpc) is 2.93. The molecular formula is C15H17FN2O2. The third kappa shape index (κ3) is 1.80. The fourth-order valence-corrected chi connectivity index (χ4v) is 3.43. The van der Waals surface area contributed by atoms with Gasteiger partial charge in [-0.05, 0) is 37.0 Å². The average molecular weight is 276 g/mol. The van der Waals surface area contributed by atoms with Crippen molar-refractivity contribution in [3.63, 3.8) is 0 Å². The highest BCUT2D eigenvalue weighted by atomic mass is 19.1. The number of hydrogen-bond donors (Lipinski definition) is 1. The van der Waals surface area contributed by atoms with E-state index in [4.69, 9.17) is 5.73 Å². The number of anilines is 2. The van der Waals surface area contributed by atoms with Gasteiger partial charge in [-0.25, -0.2) is 9.29 Å². The molecule has 2 amide bonds. The molecule has 2 atom stereocenters. The van der Waals surface area contributed by atoms with Crippen LogP contribution in [-0.4, -0.2) is 11.8 Å². The Labute approximate surface area is 116 Å². The molecule has 106 valence electrons. The molecule has 0 bridgehead atoms. The number of rotatable bonds is 2. The molecule has 2 N–H and O–H groups in total. The smallest absolute Gasteiger partial charge is 0.237 e. The van der Waals surface area contributed by atoms with Crippen molar-refractivity contribution in [2.24, 2.45) is 17.8 Å². The standard InChI is InChI=1S/C15H17FN2O2/c1-2-8-5-10-11(6-8)15(20)18(14(10)19)13-4-3-9(16)7-12(13)17/h3-4,7-8,10-11H,2,5-6,17H2,1H3. The first kappa shape index (κ1) is 13.1. The van der Waals surface area contributed by atoms with E-state index in [0.29, 0.717) is 11.6 Å². The summed E-state index contributed by atoms with van der Waals surface area (Å²) >= 11 is 0. The topological polar surface area (TPSA) is 63.4 Å². The van der Waals surface area contributed by atoms with Gasteiger partial charge in [0, 0.05) is 0 Å². The lowest BCUT2D eigenvalue weighted by Crippen LogP contribution is -2.32. The highest BCUT2D eigenvalue weighted by Crippen LogP contribution is 2.46. The maximum atomic E-state index is 13.1. The van der Waals surface area contributed by atoms with E-state index in [-0.39, 0.29) is 29.3 Å². The van der Waals surface area contributed by atoms with Gasteiger partial charge in [-0.3, -0.25) is 9.59 Å². The number of halogens is 1. The third-order valence-corrected chi connectivity index (χ3v) is 4.54. The predicted octanol–water partition coefficient (Wildman–Crippen LogP) is 2.33. The fraction of sp³-hybridized carbons (Fsp3) is 0.467. The van der Waals surface area contributed by atoms with Gasteiger partial charge in [-0.2, -0.15) is 0 Å². The second-order valence-electron chi connectivity index (χ2n) is 5.67. The normalized spacial score (nSPS) is 29.1. The first-order chi connectivity index (χ1) is 9.52. The molecule has 1 aliphatic heterocycles. The van der Waals surface area contributed by atoms with Gasteiger partial charge in [0.05, 0.1) is 23.2 Å². The number of nitrogens with zero attached hydrogens (tertiary/aromatic N) is 1. The highest BCUT2D eigenvalue weighted by molar-refractivity contribution is 6.23. The Kier molecular flexibility index (Phi) is 3.00. The zero-order valence-electron chi connectivity index (χ0n) is 11.3. The fourth-order valence-electron chi connectivity index (χ4n) is 3.43. The van der Waals surface area contributed by atoms with Crippen LogP contribution in [-0.2, 0) is 9.59 Å². The van der Waals surface area contributed by atoms with Crippen LogP contribution < -0.4 is 10.6 Å². The molecule has 2 unspecified atom stereocenters. The molecule has 2 fully saturated rings. The second kappa shape index (κ2) is 4.58. The lowest BCUT2D eigenvalue weighted by Gasteiger charge is -2.19. The van der Waals surface area contributed by atoms with Crippen molar-refractivity contribution in [1.82, 2.24) is 0 Å². The van der Waals surface area contributed by atoms with Crippen molar-refractivity contribution in [3.05, 3.63) is 24.0 Å². The van der Waals surface area contributed by atoms with E-state index in [1.54, 1.807) is 0 Å². The van der Waals surface area contributed by atoms with Crippen LogP contribution in [0, 0.1) is 23.6 Å². The van der Waals surface area contributed by atoms with Crippen molar-refractivity contribution >= 4 is 23.2 Å². The van der Waals surface area contributed by atoms with E-state index in [0.717, 1.165) is 30.2 Å². The number of carbonyl (C=O) groups excluding carboxylic acids is 2. The number of benzene rings is 1. The second-order valence-corrected chi connectivity index (χ2v) is 5.67. The molecule has 0 spiro atoms. The summed E-state index contributed by atoms with van der Waals surface area (Å²) in [6, 6.07) is 3.76. The number of carbonyl (C=O) groups is 2. The Hall–Kier alpha value is -1.91.